The predicted molar refractivity (Wildman–Crippen MR) is 72.5 cm³/mol. The minimum Gasteiger partial charge on any atom is -0.309 e. The fourth-order valence-electron chi connectivity index (χ4n) is 2.18. The van der Waals surface area contributed by atoms with Crippen LogP contribution in [0.5, 0.6) is 0 Å². The molecular weight excluding hydrogens is 270 g/mol. The van der Waals surface area contributed by atoms with Gasteiger partial charge in [0, 0.05) is 18.7 Å². The number of hydrogen-bond donors (Lipinski definition) is 1. The van der Waals surface area contributed by atoms with Crippen molar-refractivity contribution >= 4 is 28.9 Å². The van der Waals surface area contributed by atoms with Crippen LogP contribution in [0.1, 0.15) is 13.3 Å². The number of likely N-dealkylation sites (N-methyl/N-ethyl adjacent to an activating group) is 1. The SMILES string of the molecule is CCNC1CCN(c2cc([N+](=O)[O-])ccc2Cl)C1=O. The lowest BCUT2D eigenvalue weighted by molar-refractivity contribution is -0.384. The van der Waals surface area contributed by atoms with Gasteiger partial charge in [0.15, 0.2) is 0 Å². The maximum atomic E-state index is 12.2. The van der Waals surface area contributed by atoms with Crippen LogP contribution >= 0.6 is 11.6 Å². The van der Waals surface area contributed by atoms with E-state index >= 15 is 0 Å². The van der Waals surface area contributed by atoms with Crippen molar-refractivity contribution in [1.82, 2.24) is 5.32 Å². The van der Waals surface area contributed by atoms with Crippen molar-refractivity contribution in [2.45, 2.75) is 19.4 Å². The normalized spacial score (nSPS) is 18.9. The van der Waals surface area contributed by atoms with Gasteiger partial charge in [0.25, 0.3) is 5.69 Å². The largest absolute Gasteiger partial charge is 0.309 e. The zero-order valence-electron chi connectivity index (χ0n) is 10.4. The molecule has 0 spiro atoms. The van der Waals surface area contributed by atoms with E-state index < -0.39 is 4.92 Å². The summed E-state index contributed by atoms with van der Waals surface area (Å²) >= 11 is 6.03. The van der Waals surface area contributed by atoms with Gasteiger partial charge >= 0.3 is 0 Å². The van der Waals surface area contributed by atoms with Gasteiger partial charge in [-0.2, -0.15) is 0 Å². The molecule has 6 nitrogen and oxygen atoms in total. The number of nitrogens with one attached hydrogen (secondary N) is 1. The Morgan fingerprint density at radius 3 is 2.95 bits per heavy atom. The van der Waals surface area contributed by atoms with E-state index in [-0.39, 0.29) is 17.6 Å². The Bertz CT molecular complexity index is 521. The first-order valence-corrected chi connectivity index (χ1v) is 6.41. The van der Waals surface area contributed by atoms with Gasteiger partial charge in [-0.3, -0.25) is 14.9 Å². The molecule has 0 saturated carbocycles. The van der Waals surface area contributed by atoms with Gasteiger partial charge in [-0.1, -0.05) is 18.5 Å². The van der Waals surface area contributed by atoms with Crippen LogP contribution in [-0.2, 0) is 4.79 Å². The van der Waals surface area contributed by atoms with E-state index in [1.165, 1.54) is 23.1 Å². The molecule has 1 atom stereocenters. The number of nitro benzene ring substituents is 1. The molecular formula is C12H14ClN3O3. The molecule has 1 unspecified atom stereocenters. The molecule has 0 radical (unpaired) electrons. The van der Waals surface area contributed by atoms with E-state index in [1.54, 1.807) is 0 Å². The van der Waals surface area contributed by atoms with Gasteiger partial charge in [-0.15, -0.1) is 0 Å². The summed E-state index contributed by atoms with van der Waals surface area (Å²) in [6, 6.07) is 3.88. The summed E-state index contributed by atoms with van der Waals surface area (Å²) in [6.07, 6.45) is 0.672. The highest BCUT2D eigenvalue weighted by atomic mass is 35.5. The maximum Gasteiger partial charge on any atom is 0.271 e. The van der Waals surface area contributed by atoms with Crippen LogP contribution in [0.2, 0.25) is 5.02 Å². The van der Waals surface area contributed by atoms with Crippen molar-refractivity contribution < 1.29 is 9.72 Å². The number of non-ortho nitro benzene ring substituents is 1. The summed E-state index contributed by atoms with van der Waals surface area (Å²) < 4.78 is 0. The van der Waals surface area contributed by atoms with Crippen LogP contribution in [0.25, 0.3) is 0 Å². The average Bonchev–Trinajstić information content (AvgIpc) is 2.72. The Morgan fingerprint density at radius 1 is 1.58 bits per heavy atom. The zero-order valence-corrected chi connectivity index (χ0v) is 11.2. The lowest BCUT2D eigenvalue weighted by Crippen LogP contribution is -2.38. The van der Waals surface area contributed by atoms with Crippen LogP contribution in [-0.4, -0.2) is 30.0 Å². The van der Waals surface area contributed by atoms with Crippen LogP contribution in [0.4, 0.5) is 11.4 Å². The molecule has 1 heterocycles. The number of amides is 1. The lowest BCUT2D eigenvalue weighted by atomic mass is 10.2. The molecule has 1 aliphatic heterocycles. The average molecular weight is 284 g/mol. The van der Waals surface area contributed by atoms with Crippen molar-refractivity contribution in [3.63, 3.8) is 0 Å². The molecule has 7 heteroatoms. The molecule has 1 aliphatic rings. The summed E-state index contributed by atoms with van der Waals surface area (Å²) in [5, 5.41) is 14.2. The zero-order chi connectivity index (χ0) is 14.0. The van der Waals surface area contributed by atoms with E-state index in [2.05, 4.69) is 5.32 Å². The summed E-state index contributed by atoms with van der Waals surface area (Å²) in [5.74, 6) is -0.0933. The Labute approximate surface area is 115 Å². The molecule has 0 aliphatic carbocycles. The highest BCUT2D eigenvalue weighted by molar-refractivity contribution is 6.34. The standard InChI is InChI=1S/C12H14ClN3O3/c1-2-14-10-5-6-15(12(10)17)11-7-8(16(18)19)3-4-9(11)13/h3-4,7,10,14H,2,5-6H2,1H3. The molecule has 0 aromatic heterocycles. The van der Waals surface area contributed by atoms with Crippen LogP contribution in [0.3, 0.4) is 0 Å². The van der Waals surface area contributed by atoms with Gasteiger partial charge in [-0.25, -0.2) is 0 Å². The van der Waals surface area contributed by atoms with E-state index in [0.717, 1.165) is 0 Å². The molecule has 1 amide bonds. The number of nitrogens with zero attached hydrogens (tertiary/aromatic N) is 2. The second kappa shape index (κ2) is 5.54. The topological polar surface area (TPSA) is 75.5 Å². The fraction of sp³-hybridized carbons (Fsp3) is 0.417. The highest BCUT2D eigenvalue weighted by Gasteiger charge is 2.33. The first kappa shape index (κ1) is 13.8. The van der Waals surface area contributed by atoms with Gasteiger partial charge in [0.05, 0.1) is 21.7 Å². The Balaban J connectivity index is 2.30. The van der Waals surface area contributed by atoms with Gasteiger partial charge < -0.3 is 10.2 Å². The first-order chi connectivity index (χ1) is 9.04. The van der Waals surface area contributed by atoms with Crippen LogP contribution in [0.15, 0.2) is 18.2 Å². The second-order valence-corrected chi connectivity index (χ2v) is 4.69. The van der Waals surface area contributed by atoms with Crippen LogP contribution < -0.4 is 10.2 Å². The van der Waals surface area contributed by atoms with E-state index in [0.29, 0.717) is 30.2 Å². The summed E-state index contributed by atoms with van der Waals surface area (Å²) in [4.78, 5) is 23.9. The monoisotopic (exact) mass is 283 g/mol. The molecule has 102 valence electrons. The predicted octanol–water partition coefficient (Wildman–Crippen LogP) is 1.96. The van der Waals surface area contributed by atoms with Gasteiger partial charge in [-0.05, 0) is 19.0 Å². The molecule has 2 rings (SSSR count). The van der Waals surface area contributed by atoms with Gasteiger partial charge in [0.2, 0.25) is 5.91 Å². The highest BCUT2D eigenvalue weighted by Crippen LogP contribution is 2.32. The molecule has 19 heavy (non-hydrogen) atoms. The van der Waals surface area contributed by atoms with Gasteiger partial charge in [0.1, 0.15) is 0 Å². The molecule has 0 bridgehead atoms. The number of halogens is 1. The molecule has 1 aromatic carbocycles. The van der Waals surface area contributed by atoms with Crippen molar-refractivity contribution in [3.05, 3.63) is 33.3 Å². The Kier molecular flexibility index (Phi) is 4.01. The smallest absolute Gasteiger partial charge is 0.271 e. The molecule has 1 N–H and O–H groups in total. The number of carbonyl (C=O) groups is 1. The molecule has 1 aromatic rings. The van der Waals surface area contributed by atoms with E-state index in [4.69, 9.17) is 11.6 Å². The number of nitro groups is 1. The number of rotatable bonds is 4. The van der Waals surface area contributed by atoms with E-state index in [1.807, 2.05) is 6.92 Å². The number of benzene rings is 1. The summed E-state index contributed by atoms with van der Waals surface area (Å²) in [6.45, 7) is 3.14. The molecule has 1 saturated heterocycles. The number of carbonyl (C=O) groups excluding carboxylic acids is 1. The first-order valence-electron chi connectivity index (χ1n) is 6.03. The van der Waals surface area contributed by atoms with Crippen molar-refractivity contribution in [2.24, 2.45) is 0 Å². The third kappa shape index (κ3) is 2.69. The Hall–Kier alpha value is -1.66. The lowest BCUT2D eigenvalue weighted by Gasteiger charge is -2.18. The third-order valence-corrected chi connectivity index (χ3v) is 3.41. The van der Waals surface area contributed by atoms with Crippen LogP contribution in [0, 0.1) is 10.1 Å². The number of hydrogen-bond acceptors (Lipinski definition) is 4. The number of anilines is 1. The Morgan fingerprint density at radius 2 is 2.32 bits per heavy atom. The van der Waals surface area contributed by atoms with Crippen molar-refractivity contribution in [3.8, 4) is 0 Å². The minimum absolute atomic E-state index is 0.0703. The van der Waals surface area contributed by atoms with E-state index in [9.17, 15) is 14.9 Å². The summed E-state index contributed by atoms with van der Waals surface area (Å²) in [5.41, 5.74) is 0.334. The third-order valence-electron chi connectivity index (χ3n) is 3.09. The van der Waals surface area contributed by atoms with Crippen molar-refractivity contribution in [1.29, 1.82) is 0 Å². The molecule has 1 fully saturated rings. The maximum absolute atomic E-state index is 12.2. The minimum atomic E-state index is -0.498. The van der Waals surface area contributed by atoms with Crippen molar-refractivity contribution in [2.75, 3.05) is 18.0 Å². The fourth-order valence-corrected chi connectivity index (χ4v) is 2.40. The summed E-state index contributed by atoms with van der Waals surface area (Å²) in [7, 11) is 0. The quantitative estimate of drug-likeness (QED) is 0.677. The second-order valence-electron chi connectivity index (χ2n) is 4.28.